The van der Waals surface area contributed by atoms with Crippen molar-refractivity contribution < 1.29 is 13.9 Å². The lowest BCUT2D eigenvalue weighted by Crippen LogP contribution is -2.33. The van der Waals surface area contributed by atoms with Gasteiger partial charge in [-0.15, -0.1) is 0 Å². The van der Waals surface area contributed by atoms with E-state index in [9.17, 15) is 0 Å². The molecule has 1 aromatic heterocycles. The van der Waals surface area contributed by atoms with Crippen LogP contribution in [0.25, 0.3) is 0 Å². The lowest BCUT2D eigenvalue weighted by molar-refractivity contribution is 0.320. The van der Waals surface area contributed by atoms with Crippen molar-refractivity contribution in [3.05, 3.63) is 78.3 Å². The number of thiocarbonyl (C=S) groups is 1. The zero-order valence-electron chi connectivity index (χ0n) is 16.1. The van der Waals surface area contributed by atoms with Crippen molar-refractivity contribution in [2.24, 2.45) is 0 Å². The molecule has 0 aliphatic heterocycles. The number of methoxy groups -OCH3 is 1. The zero-order valence-corrected chi connectivity index (χ0v) is 16.9. The molecule has 0 fully saturated rings. The number of nitrogens with one attached hydrogen (secondary N) is 1. The van der Waals surface area contributed by atoms with Crippen molar-refractivity contribution in [2.45, 2.75) is 20.0 Å². The van der Waals surface area contributed by atoms with Gasteiger partial charge in [0.1, 0.15) is 17.3 Å². The first-order valence-electron chi connectivity index (χ1n) is 9.12. The summed E-state index contributed by atoms with van der Waals surface area (Å²) in [5, 5.41) is 3.90. The summed E-state index contributed by atoms with van der Waals surface area (Å²) in [6.45, 7) is 3.74. The van der Waals surface area contributed by atoms with Gasteiger partial charge >= 0.3 is 0 Å². The number of furan rings is 1. The highest BCUT2D eigenvalue weighted by Crippen LogP contribution is 2.22. The second-order valence-electron chi connectivity index (χ2n) is 6.13. The van der Waals surface area contributed by atoms with Crippen LogP contribution in [0, 0.1) is 0 Å². The Morgan fingerprint density at radius 2 is 1.82 bits per heavy atom. The third-order valence-corrected chi connectivity index (χ3v) is 4.55. The molecule has 3 aromatic rings. The van der Waals surface area contributed by atoms with Crippen molar-refractivity contribution >= 4 is 23.0 Å². The highest BCUT2D eigenvalue weighted by Gasteiger charge is 2.15. The van der Waals surface area contributed by atoms with Crippen LogP contribution in [0.2, 0.25) is 0 Å². The SMILES string of the molecule is CCOc1ccccc1CN(Cc1ccco1)C(=S)Nc1ccc(OC)cc1. The van der Waals surface area contributed by atoms with Gasteiger partial charge in [0.25, 0.3) is 0 Å². The van der Waals surface area contributed by atoms with Crippen LogP contribution in [0.4, 0.5) is 5.69 Å². The summed E-state index contributed by atoms with van der Waals surface area (Å²) in [6, 6.07) is 19.5. The lowest BCUT2D eigenvalue weighted by atomic mass is 10.2. The summed E-state index contributed by atoms with van der Waals surface area (Å²) >= 11 is 5.70. The molecule has 2 aromatic carbocycles. The molecular formula is C22H24N2O3S. The molecule has 0 saturated heterocycles. The van der Waals surface area contributed by atoms with Crippen LogP contribution in [0.15, 0.2) is 71.3 Å². The van der Waals surface area contributed by atoms with E-state index >= 15 is 0 Å². The maximum absolute atomic E-state index is 5.77. The summed E-state index contributed by atoms with van der Waals surface area (Å²) in [5.41, 5.74) is 1.96. The van der Waals surface area contributed by atoms with Gasteiger partial charge in [0.05, 0.1) is 26.5 Å². The molecule has 1 N–H and O–H groups in total. The Balaban J connectivity index is 1.78. The molecule has 3 rings (SSSR count). The molecule has 146 valence electrons. The molecule has 0 aliphatic rings. The number of nitrogens with zero attached hydrogens (tertiary/aromatic N) is 1. The van der Waals surface area contributed by atoms with Gasteiger partial charge in [-0.25, -0.2) is 0 Å². The fourth-order valence-corrected chi connectivity index (χ4v) is 3.05. The fraction of sp³-hybridized carbons (Fsp3) is 0.227. The average molecular weight is 397 g/mol. The van der Waals surface area contributed by atoms with Crippen LogP contribution >= 0.6 is 12.2 Å². The van der Waals surface area contributed by atoms with Crippen LogP contribution in [0.1, 0.15) is 18.2 Å². The zero-order chi connectivity index (χ0) is 19.8. The van der Waals surface area contributed by atoms with Crippen molar-refractivity contribution in [1.82, 2.24) is 4.90 Å². The number of para-hydroxylation sites is 1. The lowest BCUT2D eigenvalue weighted by Gasteiger charge is -2.26. The molecule has 0 atom stereocenters. The Kier molecular flexibility index (Phi) is 6.92. The molecular weight excluding hydrogens is 372 g/mol. The number of hydrogen-bond acceptors (Lipinski definition) is 4. The van der Waals surface area contributed by atoms with Crippen LogP contribution < -0.4 is 14.8 Å². The first-order chi connectivity index (χ1) is 13.7. The normalized spacial score (nSPS) is 10.4. The highest BCUT2D eigenvalue weighted by atomic mass is 32.1. The number of anilines is 1. The molecule has 6 heteroatoms. The van der Waals surface area contributed by atoms with E-state index in [1.54, 1.807) is 13.4 Å². The average Bonchev–Trinajstić information content (AvgIpc) is 3.23. The third kappa shape index (κ3) is 5.27. The van der Waals surface area contributed by atoms with Gasteiger partial charge in [0.2, 0.25) is 0 Å². The van der Waals surface area contributed by atoms with Gasteiger partial charge in [-0.2, -0.15) is 0 Å². The molecule has 0 unspecified atom stereocenters. The number of rotatable bonds is 8. The Morgan fingerprint density at radius 3 is 2.50 bits per heavy atom. The monoisotopic (exact) mass is 396 g/mol. The van der Waals surface area contributed by atoms with Crippen molar-refractivity contribution in [2.75, 3.05) is 19.0 Å². The predicted molar refractivity (Wildman–Crippen MR) is 115 cm³/mol. The molecule has 0 amide bonds. The maximum Gasteiger partial charge on any atom is 0.174 e. The smallest absolute Gasteiger partial charge is 0.174 e. The van der Waals surface area contributed by atoms with Gasteiger partial charge in [0, 0.05) is 17.8 Å². The summed E-state index contributed by atoms with van der Waals surface area (Å²) < 4.78 is 16.5. The number of hydrogen-bond donors (Lipinski definition) is 1. The van der Waals surface area contributed by atoms with Crippen LogP contribution in [0.5, 0.6) is 11.5 Å². The minimum atomic E-state index is 0.551. The second-order valence-corrected chi connectivity index (χ2v) is 6.52. The van der Waals surface area contributed by atoms with E-state index < -0.39 is 0 Å². The third-order valence-electron chi connectivity index (χ3n) is 4.19. The Bertz CT molecular complexity index is 879. The molecule has 0 spiro atoms. The Hall–Kier alpha value is -2.99. The van der Waals surface area contributed by atoms with Gasteiger partial charge in [-0.05, 0) is 61.6 Å². The van der Waals surface area contributed by atoms with Gasteiger partial charge < -0.3 is 24.1 Å². The van der Waals surface area contributed by atoms with Crippen LogP contribution in [-0.4, -0.2) is 23.7 Å². The molecule has 0 saturated carbocycles. The minimum absolute atomic E-state index is 0.551. The molecule has 1 heterocycles. The molecule has 5 nitrogen and oxygen atoms in total. The summed E-state index contributed by atoms with van der Waals surface area (Å²) in [5.74, 6) is 2.50. The first kappa shape index (κ1) is 19.8. The highest BCUT2D eigenvalue weighted by molar-refractivity contribution is 7.80. The standard InChI is InChI=1S/C22H24N2O3S/c1-3-26-21-9-5-4-7-17(21)15-24(16-20-8-6-14-27-20)22(28)23-18-10-12-19(25-2)13-11-18/h4-14H,3,15-16H2,1-2H3,(H,23,28). The summed E-state index contributed by atoms with van der Waals surface area (Å²) in [6.07, 6.45) is 1.67. The predicted octanol–water partition coefficient (Wildman–Crippen LogP) is 5.09. The molecule has 0 bridgehead atoms. The largest absolute Gasteiger partial charge is 0.497 e. The van der Waals surface area contributed by atoms with Gasteiger partial charge in [-0.3, -0.25) is 0 Å². The number of ether oxygens (including phenoxy) is 2. The quantitative estimate of drug-likeness (QED) is 0.536. The summed E-state index contributed by atoms with van der Waals surface area (Å²) in [7, 11) is 1.65. The Labute approximate surface area is 170 Å². The second kappa shape index (κ2) is 9.80. The minimum Gasteiger partial charge on any atom is -0.497 e. The van der Waals surface area contributed by atoms with E-state index in [0.717, 1.165) is 28.5 Å². The van der Waals surface area contributed by atoms with E-state index in [-0.39, 0.29) is 0 Å². The van der Waals surface area contributed by atoms with Crippen molar-refractivity contribution in [1.29, 1.82) is 0 Å². The fourth-order valence-electron chi connectivity index (χ4n) is 2.80. The van der Waals surface area contributed by atoms with Crippen LogP contribution in [0.3, 0.4) is 0 Å². The van der Waals surface area contributed by atoms with Crippen molar-refractivity contribution in [3.8, 4) is 11.5 Å². The Morgan fingerprint density at radius 1 is 1.04 bits per heavy atom. The van der Waals surface area contributed by atoms with E-state index in [2.05, 4.69) is 16.3 Å². The number of benzene rings is 2. The van der Waals surface area contributed by atoms with E-state index in [4.69, 9.17) is 26.1 Å². The van der Waals surface area contributed by atoms with E-state index in [1.807, 2.05) is 61.5 Å². The summed E-state index contributed by atoms with van der Waals surface area (Å²) in [4.78, 5) is 2.05. The first-order valence-corrected chi connectivity index (χ1v) is 9.53. The van der Waals surface area contributed by atoms with E-state index in [0.29, 0.717) is 24.8 Å². The molecule has 0 aliphatic carbocycles. The van der Waals surface area contributed by atoms with Crippen LogP contribution in [-0.2, 0) is 13.1 Å². The van der Waals surface area contributed by atoms with Gasteiger partial charge in [0.15, 0.2) is 5.11 Å². The van der Waals surface area contributed by atoms with E-state index in [1.165, 1.54) is 0 Å². The van der Waals surface area contributed by atoms with Gasteiger partial charge in [-0.1, -0.05) is 18.2 Å². The molecule has 0 radical (unpaired) electrons. The maximum atomic E-state index is 5.77. The van der Waals surface area contributed by atoms with Crippen molar-refractivity contribution in [3.63, 3.8) is 0 Å². The topological polar surface area (TPSA) is 46.9 Å². The molecule has 28 heavy (non-hydrogen) atoms.